The Morgan fingerprint density at radius 1 is 0.611 bits per heavy atom. The van der Waals surface area contributed by atoms with Crippen molar-refractivity contribution in [3.8, 4) is 23.7 Å². The lowest BCUT2D eigenvalue weighted by atomic mass is 10.0. The summed E-state index contributed by atoms with van der Waals surface area (Å²) in [5.41, 5.74) is 1.95. The van der Waals surface area contributed by atoms with Crippen molar-refractivity contribution in [2.45, 2.75) is 118 Å². The smallest absolute Gasteiger partial charge is 0.410 e. The summed E-state index contributed by atoms with van der Waals surface area (Å²) < 4.78 is 21.9. The summed E-state index contributed by atoms with van der Waals surface area (Å²) in [6.07, 6.45) is 1.49. The van der Waals surface area contributed by atoms with Gasteiger partial charge in [-0.25, -0.2) is 29.5 Å². The summed E-state index contributed by atoms with van der Waals surface area (Å²) in [5, 5.41) is 7.53. The molecule has 2 aliphatic rings. The molecule has 0 radical (unpaired) electrons. The maximum absolute atomic E-state index is 14.2. The van der Waals surface area contributed by atoms with E-state index < -0.39 is 35.3 Å². The Labute approximate surface area is 432 Å². The fourth-order valence-corrected chi connectivity index (χ4v) is 8.77. The van der Waals surface area contributed by atoms with Crippen LogP contribution in [-0.4, -0.2) is 143 Å². The Hall–Kier alpha value is -6.50. The van der Waals surface area contributed by atoms with Crippen LogP contribution < -0.4 is 20.4 Å². The van der Waals surface area contributed by atoms with Crippen molar-refractivity contribution >= 4 is 92.7 Å². The number of amides is 2. The van der Waals surface area contributed by atoms with Gasteiger partial charge in [0.15, 0.2) is 36.5 Å². The van der Waals surface area contributed by atoms with Gasteiger partial charge in [0.25, 0.3) is 0 Å². The van der Waals surface area contributed by atoms with Crippen molar-refractivity contribution in [1.82, 2.24) is 29.7 Å². The molecule has 2 amide bonds. The number of anilines is 4. The number of nitrogens with zero attached hydrogens (tertiary/aromatic N) is 8. The number of rotatable bonds is 13. The molecular formula is C52H66Cl2N10O8. The zero-order valence-electron chi connectivity index (χ0n) is 43.0. The normalized spacial score (nSPS) is 14.4. The minimum Gasteiger partial charge on any atom is -0.453 e. The Bertz CT molecular complexity index is 2760. The van der Waals surface area contributed by atoms with Gasteiger partial charge in [0, 0.05) is 89.4 Å². The molecule has 0 saturated carbocycles. The Kier molecular flexibility index (Phi) is 18.5. The quantitative estimate of drug-likeness (QED) is 0.0733. The number of benzene rings is 2. The maximum atomic E-state index is 14.2. The molecule has 4 aromatic rings. The van der Waals surface area contributed by atoms with E-state index in [9.17, 15) is 19.2 Å². The fraction of sp³-hybridized carbons (Fsp3) is 0.538. The number of halogens is 2. The van der Waals surface area contributed by atoms with E-state index in [2.05, 4.69) is 44.1 Å². The molecular weight excluding hydrogens is 964 g/mol. The number of aromatic nitrogens is 4. The molecule has 2 saturated heterocycles. The number of esters is 2. The molecule has 2 fully saturated rings. The third-order valence-electron chi connectivity index (χ3n) is 11.5. The van der Waals surface area contributed by atoms with Crippen molar-refractivity contribution in [1.29, 1.82) is 0 Å². The van der Waals surface area contributed by atoms with Crippen LogP contribution in [0.3, 0.4) is 0 Å². The van der Waals surface area contributed by atoms with Gasteiger partial charge < -0.3 is 49.2 Å². The van der Waals surface area contributed by atoms with Crippen molar-refractivity contribution in [3.63, 3.8) is 0 Å². The molecule has 0 atom stereocenters. The van der Waals surface area contributed by atoms with Gasteiger partial charge in [-0.1, -0.05) is 46.9 Å². The second-order valence-corrected chi connectivity index (χ2v) is 20.3. The average Bonchev–Trinajstić information content (AvgIpc) is 3.30. The van der Waals surface area contributed by atoms with Crippen LogP contribution in [-0.2, 0) is 28.5 Å². The maximum Gasteiger partial charge on any atom is 0.410 e. The van der Waals surface area contributed by atoms with Crippen LogP contribution in [0.15, 0.2) is 24.3 Å². The van der Waals surface area contributed by atoms with Crippen LogP contribution in [0.1, 0.15) is 106 Å². The number of hydrogen-bond donors (Lipinski definition) is 2. The number of carbonyl (C=O) groups excluding carboxylic acids is 4. The zero-order valence-corrected chi connectivity index (χ0v) is 44.5. The lowest BCUT2D eigenvalue weighted by Crippen LogP contribution is -2.54. The number of hydrogen-bond acceptors (Lipinski definition) is 16. The summed E-state index contributed by atoms with van der Waals surface area (Å²) in [6.45, 7) is 21.5. The van der Waals surface area contributed by atoms with Crippen molar-refractivity contribution < 1.29 is 38.1 Å². The highest BCUT2D eigenvalue weighted by molar-refractivity contribution is 6.32. The molecule has 0 spiro atoms. The molecule has 6 rings (SSSR count). The third kappa shape index (κ3) is 15.0. The Morgan fingerprint density at radius 2 is 0.958 bits per heavy atom. The minimum atomic E-state index is -0.757. The van der Waals surface area contributed by atoms with E-state index in [0.29, 0.717) is 131 Å². The number of piperidine rings is 2. The van der Waals surface area contributed by atoms with E-state index >= 15 is 0 Å². The van der Waals surface area contributed by atoms with Crippen molar-refractivity contribution in [2.24, 2.45) is 0 Å². The van der Waals surface area contributed by atoms with Crippen LogP contribution >= 0.6 is 23.2 Å². The molecule has 18 nitrogen and oxygen atoms in total. The summed E-state index contributed by atoms with van der Waals surface area (Å²) in [5.74, 6) is 13.3. The molecule has 2 aliphatic heterocycles. The molecule has 2 aromatic carbocycles. The lowest BCUT2D eigenvalue weighted by Gasteiger charge is -2.42. The highest BCUT2D eigenvalue weighted by atomic mass is 35.5. The molecule has 0 unspecified atom stereocenters. The zero-order chi connectivity index (χ0) is 52.3. The first-order valence-corrected chi connectivity index (χ1v) is 25.1. The summed E-state index contributed by atoms with van der Waals surface area (Å²) >= 11 is 13.2. The number of nitrogens with one attached hydrogen (secondary N) is 2. The monoisotopic (exact) mass is 1030 g/mol. The van der Waals surface area contributed by atoms with E-state index in [1.165, 1.54) is 13.8 Å². The van der Waals surface area contributed by atoms with E-state index in [1.54, 1.807) is 34.1 Å². The van der Waals surface area contributed by atoms with E-state index in [0.717, 1.165) is 0 Å². The fourth-order valence-electron chi connectivity index (χ4n) is 8.36. The number of fused-ring (bicyclic) bond motifs is 2. The average molecular weight is 1030 g/mol. The van der Waals surface area contributed by atoms with Crippen molar-refractivity contribution in [3.05, 3.63) is 45.4 Å². The topological polar surface area (TPSA) is 194 Å². The molecule has 2 aromatic heterocycles. The summed E-state index contributed by atoms with van der Waals surface area (Å²) in [4.78, 5) is 78.6. The molecule has 0 bridgehead atoms. The molecule has 2 N–H and O–H groups in total. The first kappa shape index (κ1) is 54.8. The third-order valence-corrected chi connectivity index (χ3v) is 12.2. The predicted molar refractivity (Wildman–Crippen MR) is 281 cm³/mol. The second kappa shape index (κ2) is 24.3. The highest BCUT2D eigenvalue weighted by Gasteiger charge is 2.36. The van der Waals surface area contributed by atoms with Gasteiger partial charge in [-0.15, -0.1) is 0 Å². The van der Waals surface area contributed by atoms with Crippen LogP contribution in [0, 0.1) is 23.7 Å². The summed E-state index contributed by atoms with van der Waals surface area (Å²) in [7, 11) is 0. The SMILES string of the molecule is CCNc1nc2cc(C#CCOC(C)=O)c(Cl)cc2nc1N1CCC(N(CCN(C(=O)OC(C)(C)C)C2CCN(c3nc4cc(C#CCOC(C)=O)c(Cl)cc4nc3NCC)CC2)C(=O)OC(C)(C)C)CC1. The van der Waals surface area contributed by atoms with Gasteiger partial charge >= 0.3 is 24.1 Å². The van der Waals surface area contributed by atoms with Gasteiger partial charge in [0.05, 0.1) is 32.1 Å². The van der Waals surface area contributed by atoms with Crippen molar-refractivity contribution in [2.75, 3.05) is 86.0 Å². The van der Waals surface area contributed by atoms with Gasteiger partial charge in [0.2, 0.25) is 0 Å². The Balaban J connectivity index is 1.20. The first-order valence-electron chi connectivity index (χ1n) is 24.4. The Morgan fingerprint density at radius 3 is 1.31 bits per heavy atom. The minimum absolute atomic E-state index is 0.0535. The van der Waals surface area contributed by atoms with E-state index in [1.807, 2.05) is 55.4 Å². The molecule has 4 heterocycles. The van der Waals surface area contributed by atoms with Gasteiger partial charge in [-0.3, -0.25) is 9.59 Å². The molecule has 72 heavy (non-hydrogen) atoms. The van der Waals surface area contributed by atoms with Crippen LogP contribution in [0.2, 0.25) is 10.0 Å². The molecule has 20 heteroatoms. The van der Waals surface area contributed by atoms with E-state index in [-0.39, 0.29) is 38.4 Å². The standard InChI is InChI=1S/C52H66Cl2N10O8/c1-11-55-45-48(60-44-32-40(54)35(29-41(44)57-45)15-13-27-69-33(3)65)62-23-19-38(20-24-62)64(50(68)72-52(8,9)10)26-25-63(49(67)71-51(5,6)7)37-17-21-61(22-18-37)47-46(56-12-2)58-43-31-39(53)36(30-42(43)59-47)16-14-28-70-34(4)66/h29-32,37-38H,11-12,17-28H2,1-10H3,(H,55,57)(H,56,58). The first-order chi connectivity index (χ1) is 34.1. The highest BCUT2D eigenvalue weighted by Crippen LogP contribution is 2.34. The lowest BCUT2D eigenvalue weighted by molar-refractivity contribution is -0.140. The van der Waals surface area contributed by atoms with Gasteiger partial charge in [-0.05, 0) is 105 Å². The summed E-state index contributed by atoms with van der Waals surface area (Å²) in [6, 6.07) is 6.60. The largest absolute Gasteiger partial charge is 0.453 e. The molecule has 386 valence electrons. The van der Waals surface area contributed by atoms with E-state index in [4.69, 9.17) is 62.1 Å². The number of ether oxygens (including phenoxy) is 4. The molecule has 0 aliphatic carbocycles. The van der Waals surface area contributed by atoms with Crippen LogP contribution in [0.5, 0.6) is 0 Å². The van der Waals surface area contributed by atoms with Crippen LogP contribution in [0.4, 0.5) is 32.9 Å². The predicted octanol–water partition coefficient (Wildman–Crippen LogP) is 8.68. The van der Waals surface area contributed by atoms with Gasteiger partial charge in [-0.2, -0.15) is 0 Å². The number of carbonyl (C=O) groups is 4. The van der Waals surface area contributed by atoms with Gasteiger partial charge in [0.1, 0.15) is 11.2 Å². The van der Waals surface area contributed by atoms with Crippen LogP contribution in [0.25, 0.3) is 22.1 Å². The second-order valence-electron chi connectivity index (χ2n) is 19.4.